The quantitative estimate of drug-likeness (QED) is 0.507. The number of alkyl halides is 1. The van der Waals surface area contributed by atoms with Gasteiger partial charge in [-0.2, -0.15) is 0 Å². The fraction of sp³-hybridized carbons (Fsp3) is 0.391. The number of aromatic nitrogens is 3. The van der Waals surface area contributed by atoms with Crippen molar-refractivity contribution in [2.75, 3.05) is 5.32 Å². The van der Waals surface area contributed by atoms with Crippen LogP contribution in [-0.2, 0) is 17.6 Å². The van der Waals surface area contributed by atoms with E-state index in [1.165, 1.54) is 10.8 Å². The van der Waals surface area contributed by atoms with Crippen molar-refractivity contribution in [1.82, 2.24) is 14.5 Å². The number of aliphatic hydroxyl groups is 2. The zero-order valence-corrected chi connectivity index (χ0v) is 18.1. The lowest BCUT2D eigenvalue weighted by molar-refractivity contribution is -0.177. The lowest BCUT2D eigenvalue weighted by Gasteiger charge is -2.21. The van der Waals surface area contributed by atoms with Gasteiger partial charge in [-0.05, 0) is 31.0 Å². The van der Waals surface area contributed by atoms with Crippen LogP contribution < -0.4 is 10.9 Å². The molecule has 4 rings (SSSR count). The number of nitrogens with one attached hydrogen (secondary N) is 1. The number of amides is 1. The van der Waals surface area contributed by atoms with Crippen molar-refractivity contribution < 1.29 is 19.4 Å². The van der Waals surface area contributed by atoms with Crippen LogP contribution in [0.3, 0.4) is 0 Å². The molecule has 9 heteroatoms. The number of fused-ring (bicyclic) bond motifs is 1. The van der Waals surface area contributed by atoms with E-state index >= 15 is 0 Å². The third-order valence-corrected chi connectivity index (χ3v) is 5.82. The van der Waals surface area contributed by atoms with Crippen LogP contribution in [0.25, 0.3) is 22.0 Å². The van der Waals surface area contributed by atoms with E-state index in [2.05, 4.69) is 15.3 Å². The molecule has 1 aliphatic rings. The summed E-state index contributed by atoms with van der Waals surface area (Å²) in [6, 6.07) is 4.84. The summed E-state index contributed by atoms with van der Waals surface area (Å²) in [5, 5.41) is 23.7. The van der Waals surface area contributed by atoms with Gasteiger partial charge < -0.3 is 20.1 Å². The number of carbonyl (C=O) groups is 1. The highest BCUT2D eigenvalue weighted by atomic mass is 19.1. The Bertz CT molecular complexity index is 1270. The average Bonchev–Trinajstić information content (AvgIpc) is 3.48. The van der Waals surface area contributed by atoms with Crippen LogP contribution in [0.15, 0.2) is 35.4 Å². The highest BCUT2D eigenvalue weighted by molar-refractivity contribution is 5.95. The predicted octanol–water partition coefficient (Wildman–Crippen LogP) is 2.54. The Morgan fingerprint density at radius 2 is 1.97 bits per heavy atom. The highest BCUT2D eigenvalue weighted by Gasteiger charge is 2.43. The van der Waals surface area contributed by atoms with Gasteiger partial charge in [-0.15, -0.1) is 0 Å². The molecule has 0 spiro atoms. The second kappa shape index (κ2) is 8.07. The first kappa shape index (κ1) is 22.0. The van der Waals surface area contributed by atoms with Crippen LogP contribution in [0.2, 0.25) is 0 Å². The standard InChI is InChI=1S/C23H25FN4O4/c1-4-5-23(31,32)19-6-12(2)16(11-25-19)14-7-13-10-26-20(9-18(13)28(3)22(14)30)27-21(29)15-8-17(15)24/h6-7,9-11,15,17,31-32H,4-5,8H2,1-3H3,(H,26,27,29). The Morgan fingerprint density at radius 1 is 1.25 bits per heavy atom. The molecule has 1 saturated carbocycles. The van der Waals surface area contributed by atoms with Crippen molar-refractivity contribution in [3.63, 3.8) is 0 Å². The molecule has 0 bridgehead atoms. The van der Waals surface area contributed by atoms with Gasteiger partial charge in [-0.1, -0.05) is 13.3 Å². The van der Waals surface area contributed by atoms with E-state index in [0.717, 1.165) is 0 Å². The molecule has 3 aromatic heterocycles. The van der Waals surface area contributed by atoms with Gasteiger partial charge in [0.2, 0.25) is 11.7 Å². The Kier molecular flexibility index (Phi) is 5.56. The van der Waals surface area contributed by atoms with Gasteiger partial charge in [-0.25, -0.2) is 9.37 Å². The largest absolute Gasteiger partial charge is 0.361 e. The van der Waals surface area contributed by atoms with Gasteiger partial charge in [-0.3, -0.25) is 14.6 Å². The molecular formula is C23H25FN4O4. The van der Waals surface area contributed by atoms with E-state index in [-0.39, 0.29) is 29.9 Å². The van der Waals surface area contributed by atoms with Gasteiger partial charge in [0.1, 0.15) is 12.0 Å². The summed E-state index contributed by atoms with van der Waals surface area (Å²) in [5.41, 5.74) is 2.06. The molecule has 2 atom stereocenters. The van der Waals surface area contributed by atoms with E-state index in [9.17, 15) is 24.2 Å². The number of pyridine rings is 3. The maximum atomic E-state index is 13.1. The zero-order valence-electron chi connectivity index (χ0n) is 18.1. The number of hydrogen-bond donors (Lipinski definition) is 3. The lowest BCUT2D eigenvalue weighted by atomic mass is 9.99. The smallest absolute Gasteiger partial charge is 0.258 e. The first-order valence-electron chi connectivity index (χ1n) is 10.5. The Labute approximate surface area is 183 Å². The molecule has 3 heterocycles. The SMILES string of the molecule is CCCC(O)(O)c1cc(C)c(-c2cc3cnc(NC(=O)C4CC4F)cc3n(C)c2=O)cn1. The molecule has 3 N–H and O–H groups in total. The minimum absolute atomic E-state index is 0.131. The Morgan fingerprint density at radius 3 is 2.59 bits per heavy atom. The number of carbonyl (C=O) groups excluding carboxylic acids is 1. The van der Waals surface area contributed by atoms with Crippen molar-refractivity contribution in [3.8, 4) is 11.1 Å². The second-order valence-corrected chi connectivity index (χ2v) is 8.35. The van der Waals surface area contributed by atoms with Crippen LogP contribution >= 0.6 is 0 Å². The fourth-order valence-electron chi connectivity index (χ4n) is 3.81. The van der Waals surface area contributed by atoms with Crippen LogP contribution in [0.4, 0.5) is 10.2 Å². The number of hydrogen-bond acceptors (Lipinski definition) is 6. The third-order valence-electron chi connectivity index (χ3n) is 5.82. The maximum Gasteiger partial charge on any atom is 0.258 e. The third kappa shape index (κ3) is 4.01. The minimum Gasteiger partial charge on any atom is -0.361 e. The number of aryl methyl sites for hydroxylation is 2. The van der Waals surface area contributed by atoms with Gasteiger partial charge in [0.05, 0.1) is 17.1 Å². The van der Waals surface area contributed by atoms with E-state index in [0.29, 0.717) is 34.0 Å². The number of halogens is 1. The lowest BCUT2D eigenvalue weighted by Crippen LogP contribution is -2.26. The molecule has 1 aliphatic carbocycles. The molecule has 2 unspecified atom stereocenters. The van der Waals surface area contributed by atoms with Crippen molar-refractivity contribution in [1.29, 1.82) is 0 Å². The number of anilines is 1. The normalized spacial score (nSPS) is 18.1. The summed E-state index contributed by atoms with van der Waals surface area (Å²) in [6.07, 6.45) is 2.85. The molecule has 0 radical (unpaired) electrons. The minimum atomic E-state index is -2.03. The van der Waals surface area contributed by atoms with Crippen molar-refractivity contribution in [3.05, 3.63) is 52.2 Å². The van der Waals surface area contributed by atoms with Crippen LogP contribution in [0.1, 0.15) is 37.4 Å². The van der Waals surface area contributed by atoms with Crippen molar-refractivity contribution in [2.24, 2.45) is 13.0 Å². The van der Waals surface area contributed by atoms with Gasteiger partial charge in [0.25, 0.3) is 5.56 Å². The van der Waals surface area contributed by atoms with Crippen LogP contribution in [0.5, 0.6) is 0 Å². The Hall–Kier alpha value is -3.17. The first-order valence-corrected chi connectivity index (χ1v) is 10.5. The zero-order chi connectivity index (χ0) is 23.2. The molecule has 32 heavy (non-hydrogen) atoms. The molecule has 0 aromatic carbocycles. The Balaban J connectivity index is 1.71. The summed E-state index contributed by atoms with van der Waals surface area (Å²) < 4.78 is 14.6. The second-order valence-electron chi connectivity index (χ2n) is 8.35. The van der Waals surface area contributed by atoms with E-state index in [4.69, 9.17) is 0 Å². The predicted molar refractivity (Wildman–Crippen MR) is 118 cm³/mol. The number of rotatable bonds is 6. The van der Waals surface area contributed by atoms with Gasteiger partial charge in [0.15, 0.2) is 0 Å². The summed E-state index contributed by atoms with van der Waals surface area (Å²) in [5.74, 6) is -2.82. The molecule has 3 aromatic rings. The van der Waals surface area contributed by atoms with E-state index in [1.54, 1.807) is 38.4 Å². The molecule has 168 valence electrons. The molecule has 0 aliphatic heterocycles. The van der Waals surface area contributed by atoms with E-state index in [1.807, 2.05) is 6.92 Å². The highest BCUT2D eigenvalue weighted by Crippen LogP contribution is 2.35. The summed E-state index contributed by atoms with van der Waals surface area (Å²) >= 11 is 0. The van der Waals surface area contributed by atoms with Crippen LogP contribution in [-0.4, -0.2) is 36.8 Å². The van der Waals surface area contributed by atoms with Gasteiger partial charge in [0, 0.05) is 48.4 Å². The van der Waals surface area contributed by atoms with Crippen LogP contribution in [0, 0.1) is 12.8 Å². The summed E-state index contributed by atoms with van der Waals surface area (Å²) in [4.78, 5) is 33.5. The summed E-state index contributed by atoms with van der Waals surface area (Å²) in [7, 11) is 1.61. The average molecular weight is 440 g/mol. The maximum absolute atomic E-state index is 13.1. The molecule has 0 saturated heterocycles. The molecule has 1 amide bonds. The topological polar surface area (TPSA) is 117 Å². The first-order chi connectivity index (χ1) is 15.1. The molecule has 1 fully saturated rings. The number of nitrogens with zero attached hydrogens (tertiary/aromatic N) is 3. The van der Waals surface area contributed by atoms with Crippen molar-refractivity contribution in [2.45, 2.75) is 45.1 Å². The van der Waals surface area contributed by atoms with Crippen molar-refractivity contribution >= 4 is 22.6 Å². The molecular weight excluding hydrogens is 415 g/mol. The van der Waals surface area contributed by atoms with E-state index < -0.39 is 23.8 Å². The fourth-order valence-corrected chi connectivity index (χ4v) is 3.81. The summed E-state index contributed by atoms with van der Waals surface area (Å²) in [6.45, 7) is 3.62. The van der Waals surface area contributed by atoms with Gasteiger partial charge >= 0.3 is 0 Å². The molecule has 8 nitrogen and oxygen atoms in total. The monoisotopic (exact) mass is 440 g/mol.